The fourth-order valence-electron chi connectivity index (χ4n) is 2.60. The summed E-state index contributed by atoms with van der Waals surface area (Å²) in [5.41, 5.74) is 3.25. The average molecular weight is 354 g/mol. The molecule has 1 amide bonds. The maximum absolute atomic E-state index is 13.8. The van der Waals surface area contributed by atoms with Crippen LogP contribution in [-0.2, 0) is 0 Å². The van der Waals surface area contributed by atoms with Crippen molar-refractivity contribution in [3.63, 3.8) is 0 Å². The Labute approximate surface area is 150 Å². The van der Waals surface area contributed by atoms with Gasteiger partial charge in [-0.1, -0.05) is 17.3 Å². The van der Waals surface area contributed by atoms with Gasteiger partial charge in [0.15, 0.2) is 5.69 Å². The molecule has 0 atom stereocenters. The van der Waals surface area contributed by atoms with Crippen LogP contribution in [0, 0.1) is 26.6 Å². The zero-order chi connectivity index (χ0) is 18.8. The van der Waals surface area contributed by atoms with Crippen LogP contribution in [0.15, 0.2) is 36.4 Å². The molecule has 26 heavy (non-hydrogen) atoms. The summed E-state index contributed by atoms with van der Waals surface area (Å²) in [6.45, 7) is 5.31. The minimum atomic E-state index is -0.412. The lowest BCUT2D eigenvalue weighted by atomic mass is 10.2. The lowest BCUT2D eigenvalue weighted by Crippen LogP contribution is -2.15. The molecule has 0 aliphatic rings. The highest BCUT2D eigenvalue weighted by Crippen LogP contribution is 2.26. The summed E-state index contributed by atoms with van der Waals surface area (Å²) >= 11 is 0. The smallest absolute Gasteiger partial charge is 0.278 e. The summed E-state index contributed by atoms with van der Waals surface area (Å²) in [6, 6.07) is 10.2. The number of ether oxygens (including phenoxy) is 1. The Balaban J connectivity index is 1.91. The van der Waals surface area contributed by atoms with E-state index in [1.165, 1.54) is 17.9 Å². The number of aromatic nitrogens is 3. The van der Waals surface area contributed by atoms with Crippen LogP contribution < -0.4 is 10.1 Å². The highest BCUT2D eigenvalue weighted by molar-refractivity contribution is 6.04. The molecule has 0 spiro atoms. The van der Waals surface area contributed by atoms with Gasteiger partial charge in [-0.3, -0.25) is 4.79 Å². The van der Waals surface area contributed by atoms with Crippen molar-refractivity contribution in [2.45, 2.75) is 20.8 Å². The van der Waals surface area contributed by atoms with Crippen molar-refractivity contribution in [1.29, 1.82) is 0 Å². The Morgan fingerprint density at radius 2 is 1.92 bits per heavy atom. The topological polar surface area (TPSA) is 69.0 Å². The molecule has 3 rings (SSSR count). The van der Waals surface area contributed by atoms with Crippen LogP contribution in [0.4, 0.5) is 10.1 Å². The molecule has 0 bridgehead atoms. The van der Waals surface area contributed by atoms with Crippen molar-refractivity contribution in [3.8, 4) is 11.4 Å². The molecule has 2 aromatic carbocycles. The highest BCUT2D eigenvalue weighted by Gasteiger charge is 2.19. The van der Waals surface area contributed by atoms with Crippen molar-refractivity contribution >= 4 is 11.6 Å². The van der Waals surface area contributed by atoms with Crippen LogP contribution in [0.5, 0.6) is 5.75 Å². The number of carbonyl (C=O) groups is 1. The van der Waals surface area contributed by atoms with Gasteiger partial charge in [-0.15, -0.1) is 5.10 Å². The number of rotatable bonds is 4. The number of aryl methyl sites for hydroxylation is 2. The fourth-order valence-corrected chi connectivity index (χ4v) is 2.60. The molecular formula is C19H19FN4O2. The van der Waals surface area contributed by atoms with Crippen molar-refractivity contribution in [3.05, 3.63) is 64.7 Å². The fraction of sp³-hybridized carbons (Fsp3) is 0.211. The molecule has 1 N–H and O–H groups in total. The maximum atomic E-state index is 13.8. The molecule has 134 valence electrons. The van der Waals surface area contributed by atoms with Gasteiger partial charge in [0.1, 0.15) is 11.6 Å². The third kappa shape index (κ3) is 3.28. The van der Waals surface area contributed by atoms with Crippen LogP contribution in [-0.4, -0.2) is 28.0 Å². The molecular weight excluding hydrogens is 335 g/mol. The Hall–Kier alpha value is -3.22. The molecule has 1 heterocycles. The van der Waals surface area contributed by atoms with E-state index < -0.39 is 5.91 Å². The molecule has 0 radical (unpaired) electrons. The standard InChI is InChI=1S/C19H19FN4O2/c1-11-5-8-17(26-4)16(9-11)21-19(25)18-13(3)24(23-22-18)14-7-6-12(2)15(20)10-14/h5-10H,1-4H3,(H,21,25). The number of methoxy groups -OCH3 is 1. The Kier molecular flexibility index (Phi) is 4.71. The number of carbonyl (C=O) groups excluding carboxylic acids is 1. The van der Waals surface area contributed by atoms with E-state index in [4.69, 9.17) is 4.74 Å². The van der Waals surface area contributed by atoms with Crippen molar-refractivity contribution < 1.29 is 13.9 Å². The van der Waals surface area contributed by atoms with E-state index in [2.05, 4.69) is 15.6 Å². The molecule has 0 unspecified atom stereocenters. The Morgan fingerprint density at radius 3 is 2.62 bits per heavy atom. The summed E-state index contributed by atoms with van der Waals surface area (Å²) in [5.74, 6) is -0.201. The molecule has 7 heteroatoms. The van der Waals surface area contributed by atoms with Gasteiger partial charge in [-0.05, 0) is 56.2 Å². The van der Waals surface area contributed by atoms with Gasteiger partial charge in [0, 0.05) is 0 Å². The zero-order valence-corrected chi connectivity index (χ0v) is 15.0. The Bertz CT molecular complexity index is 982. The van der Waals surface area contributed by atoms with Gasteiger partial charge in [0.2, 0.25) is 0 Å². The maximum Gasteiger partial charge on any atom is 0.278 e. The Morgan fingerprint density at radius 1 is 1.15 bits per heavy atom. The summed E-state index contributed by atoms with van der Waals surface area (Å²) in [5, 5.41) is 10.7. The number of anilines is 1. The zero-order valence-electron chi connectivity index (χ0n) is 15.0. The number of hydrogen-bond donors (Lipinski definition) is 1. The van der Waals surface area contributed by atoms with Gasteiger partial charge in [0.05, 0.1) is 24.2 Å². The first kappa shape index (κ1) is 17.6. The summed E-state index contributed by atoms with van der Waals surface area (Å²) in [7, 11) is 1.54. The normalized spacial score (nSPS) is 10.7. The van der Waals surface area contributed by atoms with Crippen molar-refractivity contribution in [1.82, 2.24) is 15.0 Å². The lowest BCUT2D eigenvalue weighted by molar-refractivity contribution is 0.102. The number of nitrogens with one attached hydrogen (secondary N) is 1. The largest absolute Gasteiger partial charge is 0.495 e. The van der Waals surface area contributed by atoms with Crippen LogP contribution in [0.2, 0.25) is 0 Å². The number of halogens is 1. The first-order valence-electron chi connectivity index (χ1n) is 8.05. The number of hydrogen-bond acceptors (Lipinski definition) is 4. The van der Waals surface area contributed by atoms with Crippen LogP contribution in [0.3, 0.4) is 0 Å². The second-order valence-electron chi connectivity index (χ2n) is 6.03. The summed E-state index contributed by atoms with van der Waals surface area (Å²) in [4.78, 5) is 12.6. The molecule has 6 nitrogen and oxygen atoms in total. The predicted octanol–water partition coefficient (Wildman–Crippen LogP) is 3.59. The SMILES string of the molecule is COc1ccc(C)cc1NC(=O)c1nnn(-c2ccc(C)c(F)c2)c1C. The number of amides is 1. The van der Waals surface area contributed by atoms with E-state index in [1.807, 2.05) is 19.1 Å². The van der Waals surface area contributed by atoms with E-state index in [-0.39, 0.29) is 11.5 Å². The molecule has 0 fully saturated rings. The van der Waals surface area contributed by atoms with E-state index >= 15 is 0 Å². The average Bonchev–Trinajstić information content (AvgIpc) is 2.99. The molecule has 3 aromatic rings. The second kappa shape index (κ2) is 6.95. The van der Waals surface area contributed by atoms with Crippen LogP contribution in [0.1, 0.15) is 27.3 Å². The number of nitrogens with zero attached hydrogens (tertiary/aromatic N) is 3. The van der Waals surface area contributed by atoms with Crippen molar-refractivity contribution in [2.24, 2.45) is 0 Å². The minimum absolute atomic E-state index is 0.162. The lowest BCUT2D eigenvalue weighted by Gasteiger charge is -2.10. The molecule has 0 saturated carbocycles. The van der Waals surface area contributed by atoms with E-state index in [9.17, 15) is 9.18 Å². The first-order valence-corrected chi connectivity index (χ1v) is 8.05. The molecule has 0 aliphatic heterocycles. The number of benzene rings is 2. The third-order valence-corrected chi connectivity index (χ3v) is 4.11. The van der Waals surface area contributed by atoms with Crippen LogP contribution in [0.25, 0.3) is 5.69 Å². The van der Waals surface area contributed by atoms with E-state index in [0.717, 1.165) is 5.56 Å². The monoisotopic (exact) mass is 354 g/mol. The predicted molar refractivity (Wildman–Crippen MR) is 96.5 cm³/mol. The third-order valence-electron chi connectivity index (χ3n) is 4.11. The van der Waals surface area contributed by atoms with Gasteiger partial charge in [-0.2, -0.15) is 0 Å². The van der Waals surface area contributed by atoms with E-state index in [1.54, 1.807) is 32.0 Å². The van der Waals surface area contributed by atoms with Gasteiger partial charge < -0.3 is 10.1 Å². The van der Waals surface area contributed by atoms with Crippen LogP contribution >= 0.6 is 0 Å². The van der Waals surface area contributed by atoms with Gasteiger partial charge >= 0.3 is 0 Å². The first-order chi connectivity index (χ1) is 12.4. The highest BCUT2D eigenvalue weighted by atomic mass is 19.1. The quantitative estimate of drug-likeness (QED) is 0.777. The second-order valence-corrected chi connectivity index (χ2v) is 6.03. The summed E-state index contributed by atoms with van der Waals surface area (Å²) < 4.78 is 20.5. The minimum Gasteiger partial charge on any atom is -0.495 e. The van der Waals surface area contributed by atoms with E-state index in [0.29, 0.717) is 28.4 Å². The molecule has 0 saturated heterocycles. The summed E-state index contributed by atoms with van der Waals surface area (Å²) in [6.07, 6.45) is 0. The van der Waals surface area contributed by atoms with Gasteiger partial charge in [-0.25, -0.2) is 9.07 Å². The van der Waals surface area contributed by atoms with Crippen molar-refractivity contribution in [2.75, 3.05) is 12.4 Å². The molecule has 1 aromatic heterocycles. The van der Waals surface area contributed by atoms with Gasteiger partial charge in [0.25, 0.3) is 5.91 Å². The molecule has 0 aliphatic carbocycles.